The molecular formula is C20H20FN3O2S. The highest BCUT2D eigenvalue weighted by Crippen LogP contribution is 2.30. The number of benzene rings is 1. The molecule has 0 spiro atoms. The van der Waals surface area contributed by atoms with Crippen molar-refractivity contribution in [2.24, 2.45) is 0 Å². The van der Waals surface area contributed by atoms with Gasteiger partial charge in [-0.2, -0.15) is 0 Å². The zero-order valence-corrected chi connectivity index (χ0v) is 15.8. The molecule has 27 heavy (non-hydrogen) atoms. The molecule has 3 heterocycles. The molecule has 2 aromatic heterocycles. The maximum Gasteiger partial charge on any atom is 0.276 e. The molecule has 3 aromatic rings. The fourth-order valence-corrected chi connectivity index (χ4v) is 4.30. The van der Waals surface area contributed by atoms with Gasteiger partial charge in [-0.05, 0) is 25.1 Å². The number of nitrogens with zero attached hydrogens (tertiary/aromatic N) is 3. The molecule has 7 heteroatoms. The van der Waals surface area contributed by atoms with Crippen molar-refractivity contribution >= 4 is 17.2 Å². The molecule has 140 valence electrons. The van der Waals surface area contributed by atoms with Crippen LogP contribution in [0.2, 0.25) is 0 Å². The molecule has 1 fully saturated rings. The summed E-state index contributed by atoms with van der Waals surface area (Å²) in [5.74, 6) is 0.367. The van der Waals surface area contributed by atoms with Gasteiger partial charge in [0.15, 0.2) is 5.69 Å². The first kappa shape index (κ1) is 17.9. The molecule has 1 aromatic carbocycles. The van der Waals surface area contributed by atoms with Crippen molar-refractivity contribution in [3.8, 4) is 10.4 Å². The molecule has 0 aliphatic carbocycles. The zero-order chi connectivity index (χ0) is 18.8. The maximum atomic E-state index is 14.0. The van der Waals surface area contributed by atoms with E-state index in [1.165, 1.54) is 10.9 Å². The number of carbonyl (C=O) groups is 1. The number of halogens is 1. The molecular weight excluding hydrogens is 365 g/mol. The van der Waals surface area contributed by atoms with E-state index < -0.39 is 0 Å². The van der Waals surface area contributed by atoms with Crippen LogP contribution in [-0.4, -0.2) is 47.0 Å². The van der Waals surface area contributed by atoms with Crippen LogP contribution >= 0.6 is 11.3 Å². The Balaban J connectivity index is 1.35. The van der Waals surface area contributed by atoms with Gasteiger partial charge in [-0.1, -0.05) is 23.4 Å². The third-order valence-electron chi connectivity index (χ3n) is 4.69. The lowest BCUT2D eigenvalue weighted by atomic mass is 10.2. The quantitative estimate of drug-likeness (QED) is 0.685. The minimum atomic E-state index is -0.193. The molecule has 4 rings (SSSR count). The molecule has 0 saturated carbocycles. The van der Waals surface area contributed by atoms with Gasteiger partial charge >= 0.3 is 0 Å². The largest absolute Gasteiger partial charge is 0.361 e. The Morgan fingerprint density at radius 3 is 2.67 bits per heavy atom. The highest BCUT2D eigenvalue weighted by Gasteiger charge is 2.24. The molecule has 1 aliphatic heterocycles. The number of aromatic nitrogens is 1. The van der Waals surface area contributed by atoms with Crippen LogP contribution in [0.15, 0.2) is 47.0 Å². The van der Waals surface area contributed by atoms with Gasteiger partial charge in [0.25, 0.3) is 5.91 Å². The first-order chi connectivity index (χ1) is 13.1. The Morgan fingerprint density at radius 1 is 1.19 bits per heavy atom. The lowest BCUT2D eigenvalue weighted by Gasteiger charge is -2.34. The van der Waals surface area contributed by atoms with Crippen molar-refractivity contribution in [3.63, 3.8) is 0 Å². The predicted molar refractivity (Wildman–Crippen MR) is 102 cm³/mol. The van der Waals surface area contributed by atoms with Gasteiger partial charge in [0.05, 0.1) is 0 Å². The second-order valence-corrected chi connectivity index (χ2v) is 7.81. The number of piperazine rings is 1. The Bertz CT molecular complexity index is 944. The van der Waals surface area contributed by atoms with Crippen LogP contribution in [0, 0.1) is 12.7 Å². The fraction of sp³-hybridized carbons (Fsp3) is 0.300. The first-order valence-corrected chi connectivity index (χ1v) is 9.70. The second-order valence-electron chi connectivity index (χ2n) is 6.64. The van der Waals surface area contributed by atoms with Crippen molar-refractivity contribution in [1.29, 1.82) is 0 Å². The van der Waals surface area contributed by atoms with Crippen molar-refractivity contribution in [2.45, 2.75) is 13.5 Å². The summed E-state index contributed by atoms with van der Waals surface area (Å²) in [6.07, 6.45) is 0. The summed E-state index contributed by atoms with van der Waals surface area (Å²) in [5, 5.41) is 3.81. The van der Waals surface area contributed by atoms with Crippen molar-refractivity contribution < 1.29 is 13.7 Å². The van der Waals surface area contributed by atoms with Crippen LogP contribution in [0.25, 0.3) is 10.4 Å². The van der Waals surface area contributed by atoms with E-state index in [9.17, 15) is 9.18 Å². The predicted octanol–water partition coefficient (Wildman–Crippen LogP) is 3.81. The summed E-state index contributed by atoms with van der Waals surface area (Å²) >= 11 is 1.62. The molecule has 1 saturated heterocycles. The number of rotatable bonds is 4. The number of thiophene rings is 1. The summed E-state index contributed by atoms with van der Waals surface area (Å²) < 4.78 is 18.9. The average molecular weight is 385 g/mol. The molecule has 0 atom stereocenters. The van der Waals surface area contributed by atoms with Gasteiger partial charge in [0.1, 0.15) is 11.6 Å². The van der Waals surface area contributed by atoms with E-state index in [1.807, 2.05) is 17.0 Å². The number of amides is 1. The number of aryl methyl sites for hydroxylation is 1. The smallest absolute Gasteiger partial charge is 0.276 e. The van der Waals surface area contributed by atoms with E-state index in [2.05, 4.69) is 16.1 Å². The lowest BCUT2D eigenvalue weighted by Crippen LogP contribution is -2.48. The van der Waals surface area contributed by atoms with E-state index in [1.54, 1.807) is 36.5 Å². The molecule has 0 N–H and O–H groups in total. The van der Waals surface area contributed by atoms with Gasteiger partial charge in [0.2, 0.25) is 0 Å². The standard InChI is InChI=1S/C20H20FN3O2S/c1-14-12-18(22-26-14)20(25)24-10-8-23(9-11-24)13-15-6-7-19(27-15)16-4-2-3-5-17(16)21/h2-7,12H,8-11,13H2,1H3. The highest BCUT2D eigenvalue weighted by molar-refractivity contribution is 7.15. The maximum absolute atomic E-state index is 14.0. The van der Waals surface area contributed by atoms with Gasteiger partial charge in [-0.15, -0.1) is 11.3 Å². The highest BCUT2D eigenvalue weighted by atomic mass is 32.1. The minimum Gasteiger partial charge on any atom is -0.361 e. The number of hydrogen-bond acceptors (Lipinski definition) is 5. The second kappa shape index (κ2) is 7.62. The zero-order valence-electron chi connectivity index (χ0n) is 15.0. The van der Waals surface area contributed by atoms with Crippen LogP contribution in [0.1, 0.15) is 21.1 Å². The van der Waals surface area contributed by atoms with E-state index in [0.717, 1.165) is 24.5 Å². The molecule has 1 amide bonds. The normalized spacial score (nSPS) is 15.3. The topological polar surface area (TPSA) is 49.6 Å². The Kier molecular flexibility index (Phi) is 5.05. The van der Waals surface area contributed by atoms with Crippen molar-refractivity contribution in [1.82, 2.24) is 15.0 Å². The Labute approximate surface area is 161 Å². The van der Waals surface area contributed by atoms with Crippen LogP contribution in [0.5, 0.6) is 0 Å². The SMILES string of the molecule is Cc1cc(C(=O)N2CCN(Cc3ccc(-c4ccccc4F)s3)CC2)no1. The summed E-state index contributed by atoms with van der Waals surface area (Å²) in [6.45, 7) is 5.51. The molecule has 0 radical (unpaired) electrons. The monoisotopic (exact) mass is 385 g/mol. The van der Waals surface area contributed by atoms with Crippen LogP contribution in [0.3, 0.4) is 0 Å². The summed E-state index contributed by atoms with van der Waals surface area (Å²) in [6, 6.07) is 12.6. The van der Waals surface area contributed by atoms with Crippen LogP contribution in [0.4, 0.5) is 4.39 Å². The van der Waals surface area contributed by atoms with Crippen molar-refractivity contribution in [3.05, 3.63) is 64.6 Å². The summed E-state index contributed by atoms with van der Waals surface area (Å²) in [7, 11) is 0. The van der Waals surface area contributed by atoms with Gasteiger partial charge in [0, 0.05) is 54.1 Å². The molecule has 1 aliphatic rings. The first-order valence-electron chi connectivity index (χ1n) is 8.89. The van der Waals surface area contributed by atoms with E-state index in [-0.39, 0.29) is 11.7 Å². The number of hydrogen-bond donors (Lipinski definition) is 0. The Morgan fingerprint density at radius 2 is 1.96 bits per heavy atom. The summed E-state index contributed by atoms with van der Waals surface area (Å²) in [5.41, 5.74) is 1.01. The molecule has 0 unspecified atom stereocenters. The van der Waals surface area contributed by atoms with Crippen LogP contribution < -0.4 is 0 Å². The van der Waals surface area contributed by atoms with Crippen molar-refractivity contribution in [2.75, 3.05) is 26.2 Å². The Hall–Kier alpha value is -2.51. The fourth-order valence-electron chi connectivity index (χ4n) is 3.23. The van der Waals surface area contributed by atoms with E-state index >= 15 is 0 Å². The third kappa shape index (κ3) is 3.94. The van der Waals surface area contributed by atoms with Gasteiger partial charge in [-0.3, -0.25) is 9.69 Å². The van der Waals surface area contributed by atoms with E-state index in [4.69, 9.17) is 4.52 Å². The number of carbonyl (C=O) groups excluding carboxylic acids is 1. The van der Waals surface area contributed by atoms with Gasteiger partial charge < -0.3 is 9.42 Å². The average Bonchev–Trinajstić information content (AvgIpc) is 3.31. The lowest BCUT2D eigenvalue weighted by molar-refractivity contribution is 0.0619. The minimum absolute atomic E-state index is 0.0792. The molecule has 0 bridgehead atoms. The van der Waals surface area contributed by atoms with E-state index in [0.29, 0.717) is 30.1 Å². The van der Waals surface area contributed by atoms with Crippen LogP contribution in [-0.2, 0) is 6.54 Å². The molecule has 5 nitrogen and oxygen atoms in total. The third-order valence-corrected chi connectivity index (χ3v) is 5.79. The van der Waals surface area contributed by atoms with Gasteiger partial charge in [-0.25, -0.2) is 4.39 Å². The summed E-state index contributed by atoms with van der Waals surface area (Å²) in [4.78, 5) is 18.7.